The number of hydrogen-bond acceptors (Lipinski definition) is 2. The quantitative estimate of drug-likeness (QED) is 0.287. The van der Waals surface area contributed by atoms with Gasteiger partial charge in [0.1, 0.15) is 0 Å². The molecule has 0 aliphatic carbocycles. The van der Waals surface area contributed by atoms with Crippen molar-refractivity contribution in [1.82, 2.24) is 5.32 Å². The van der Waals surface area contributed by atoms with Gasteiger partial charge in [0, 0.05) is 18.4 Å². The van der Waals surface area contributed by atoms with E-state index in [0.29, 0.717) is 6.42 Å². The number of amides is 1. The van der Waals surface area contributed by atoms with Crippen molar-refractivity contribution >= 4 is 5.91 Å². The van der Waals surface area contributed by atoms with Crippen LogP contribution >= 0.6 is 0 Å². The molecule has 0 aromatic carbocycles. The van der Waals surface area contributed by atoms with E-state index in [-0.39, 0.29) is 19.6 Å². The monoisotopic (exact) mass is 329 g/mol. The van der Waals surface area contributed by atoms with Crippen LogP contribution in [0.15, 0.2) is 12.2 Å². The summed E-state index contributed by atoms with van der Waals surface area (Å²) in [6.45, 7) is 1.86. The van der Waals surface area contributed by atoms with Gasteiger partial charge in [0.05, 0.1) is 6.61 Å². The smallest absolute Gasteiger partial charge is 0.220 e. The zero-order valence-corrected chi connectivity index (χ0v) is 14.9. The van der Waals surface area contributed by atoms with Gasteiger partial charge in [0.2, 0.25) is 5.91 Å². The third kappa shape index (κ3) is 19.1. The van der Waals surface area contributed by atoms with E-state index in [9.17, 15) is 4.79 Å². The molecule has 3 heteroatoms. The van der Waals surface area contributed by atoms with Gasteiger partial charge in [0.15, 0.2) is 0 Å². The average molecular weight is 330 g/mol. The van der Waals surface area contributed by atoms with Gasteiger partial charge in [0.25, 0.3) is 0 Å². The van der Waals surface area contributed by atoms with Gasteiger partial charge in [-0.05, 0) is 32.1 Å². The lowest BCUT2D eigenvalue weighted by molar-refractivity contribution is -0.121. The molecular formula is C20H39NO2. The molecule has 0 aliphatic heterocycles. The Kier molecular flexibility index (Phi) is 13.1. The Morgan fingerprint density at radius 2 is 1.52 bits per heavy atom. The number of allylic oxidation sites excluding steroid dienone is 2. The Hall–Kier alpha value is -0.830. The van der Waals surface area contributed by atoms with Crippen molar-refractivity contribution < 1.29 is 15.4 Å². The topological polar surface area (TPSA) is 49.3 Å². The number of carbonyl (C=O) groups is 1. The highest BCUT2D eigenvalue weighted by atomic mass is 16.3. The lowest BCUT2D eigenvalue weighted by Crippen LogP contribution is -2.25. The molecule has 0 saturated carbocycles. The van der Waals surface area contributed by atoms with E-state index in [1.165, 1.54) is 38.5 Å². The van der Waals surface area contributed by atoms with Gasteiger partial charge >= 0.3 is 0 Å². The van der Waals surface area contributed by atoms with Crippen LogP contribution in [0.1, 0.15) is 102 Å². The lowest BCUT2D eigenvalue weighted by atomic mass is 10.1. The van der Waals surface area contributed by atoms with Crippen LogP contribution < -0.4 is 5.32 Å². The van der Waals surface area contributed by atoms with Crippen molar-refractivity contribution in [3.8, 4) is 0 Å². The predicted octanol–water partition coefficient (Wildman–Crippen LogP) is 5.13. The molecule has 2 N–H and O–H groups in total. The van der Waals surface area contributed by atoms with Crippen LogP contribution in [0.25, 0.3) is 0 Å². The maximum atomic E-state index is 11.8. The SMILES string of the molecule is [2H]C([2H])(CCCCC/C=C\CCCCCCCC)C([2H])([2H])C(=O)NCCO. The second-order valence-corrected chi connectivity index (χ2v) is 5.91. The summed E-state index contributed by atoms with van der Waals surface area (Å²) in [6.07, 6.45) is 11.8. The second-order valence-electron chi connectivity index (χ2n) is 5.91. The zero-order valence-electron chi connectivity index (χ0n) is 18.9. The lowest BCUT2D eigenvalue weighted by Gasteiger charge is -2.03. The fourth-order valence-corrected chi connectivity index (χ4v) is 2.29. The van der Waals surface area contributed by atoms with E-state index in [1.54, 1.807) is 0 Å². The number of aliphatic hydroxyl groups excluding tert-OH is 1. The molecule has 0 radical (unpaired) electrons. The maximum Gasteiger partial charge on any atom is 0.220 e. The molecule has 0 bridgehead atoms. The molecule has 1 amide bonds. The van der Waals surface area contributed by atoms with E-state index in [4.69, 9.17) is 10.6 Å². The fraction of sp³-hybridized carbons (Fsp3) is 0.850. The number of nitrogens with one attached hydrogen (secondary N) is 1. The molecule has 0 saturated heterocycles. The van der Waals surface area contributed by atoms with Crippen molar-refractivity contribution in [3.63, 3.8) is 0 Å². The first-order valence-corrected chi connectivity index (χ1v) is 9.33. The predicted molar refractivity (Wildman–Crippen MR) is 99.5 cm³/mol. The van der Waals surface area contributed by atoms with Crippen LogP contribution in [0.2, 0.25) is 0 Å². The molecule has 3 nitrogen and oxygen atoms in total. The molecule has 0 aromatic rings. The Morgan fingerprint density at radius 3 is 2.13 bits per heavy atom. The number of unbranched alkanes of at least 4 members (excludes halogenated alkanes) is 9. The minimum atomic E-state index is -2.60. The highest BCUT2D eigenvalue weighted by Gasteiger charge is 1.99. The summed E-state index contributed by atoms with van der Waals surface area (Å²) in [7, 11) is 0. The molecule has 0 unspecified atom stereocenters. The third-order valence-electron chi connectivity index (χ3n) is 3.66. The molecule has 0 aromatic heterocycles. The van der Waals surface area contributed by atoms with E-state index in [2.05, 4.69) is 24.4 Å². The molecule has 0 fully saturated rings. The molecule has 23 heavy (non-hydrogen) atoms. The first-order valence-electron chi connectivity index (χ1n) is 11.3. The van der Waals surface area contributed by atoms with E-state index in [1.807, 2.05) is 0 Å². The normalized spacial score (nSPS) is 15.0. The number of rotatable bonds is 17. The van der Waals surface area contributed by atoms with Gasteiger partial charge in [-0.25, -0.2) is 0 Å². The van der Waals surface area contributed by atoms with Crippen molar-refractivity contribution in [2.45, 2.75) is 96.7 Å². The largest absolute Gasteiger partial charge is 0.395 e. The van der Waals surface area contributed by atoms with Crippen molar-refractivity contribution in [3.05, 3.63) is 12.2 Å². The van der Waals surface area contributed by atoms with Crippen LogP contribution in [0.4, 0.5) is 0 Å². The second kappa shape index (κ2) is 19.2. The van der Waals surface area contributed by atoms with Crippen molar-refractivity contribution in [2.75, 3.05) is 13.2 Å². The Balaban J connectivity index is 3.83. The Bertz CT molecular complexity index is 415. The average Bonchev–Trinajstić information content (AvgIpc) is 2.63. The third-order valence-corrected chi connectivity index (χ3v) is 3.66. The Labute approximate surface area is 149 Å². The first-order chi connectivity index (χ1) is 12.8. The highest BCUT2D eigenvalue weighted by molar-refractivity contribution is 5.75. The van der Waals surface area contributed by atoms with Crippen LogP contribution in [0, 0.1) is 0 Å². The highest BCUT2D eigenvalue weighted by Crippen LogP contribution is 2.09. The van der Waals surface area contributed by atoms with Crippen molar-refractivity contribution in [1.29, 1.82) is 0 Å². The number of hydrogen-bond donors (Lipinski definition) is 2. The minimum Gasteiger partial charge on any atom is -0.395 e. The zero-order chi connectivity index (χ0) is 20.6. The van der Waals surface area contributed by atoms with Crippen LogP contribution in [-0.4, -0.2) is 24.2 Å². The van der Waals surface area contributed by atoms with Crippen LogP contribution in [0.5, 0.6) is 0 Å². The number of aliphatic hydroxyl groups is 1. The van der Waals surface area contributed by atoms with E-state index < -0.39 is 18.7 Å². The summed E-state index contributed by atoms with van der Waals surface area (Å²) in [6, 6.07) is 0. The summed E-state index contributed by atoms with van der Waals surface area (Å²) in [5, 5.41) is 10.9. The number of carbonyl (C=O) groups excluding carboxylic acids is 1. The molecule has 0 heterocycles. The maximum absolute atomic E-state index is 11.8. The summed E-state index contributed by atoms with van der Waals surface area (Å²) in [4.78, 5) is 11.8. The Morgan fingerprint density at radius 1 is 0.957 bits per heavy atom. The van der Waals surface area contributed by atoms with E-state index >= 15 is 0 Å². The summed E-state index contributed by atoms with van der Waals surface area (Å²) in [5.74, 6) is -1.00. The first kappa shape index (κ1) is 15.7. The van der Waals surface area contributed by atoms with Gasteiger partial charge in [-0.3, -0.25) is 4.79 Å². The van der Waals surface area contributed by atoms with E-state index in [0.717, 1.165) is 25.7 Å². The van der Waals surface area contributed by atoms with Gasteiger partial charge in [-0.15, -0.1) is 0 Å². The van der Waals surface area contributed by atoms with Gasteiger partial charge < -0.3 is 10.4 Å². The summed E-state index contributed by atoms with van der Waals surface area (Å²) >= 11 is 0. The molecule has 136 valence electrons. The molecule has 0 spiro atoms. The molecule has 0 atom stereocenters. The summed E-state index contributed by atoms with van der Waals surface area (Å²) < 4.78 is 31.3. The molecule has 0 rings (SSSR count). The summed E-state index contributed by atoms with van der Waals surface area (Å²) in [5.41, 5.74) is 0. The molecule has 0 aliphatic rings. The molecular weight excluding hydrogens is 286 g/mol. The van der Waals surface area contributed by atoms with Crippen LogP contribution in [-0.2, 0) is 4.79 Å². The van der Waals surface area contributed by atoms with Gasteiger partial charge in [-0.2, -0.15) is 0 Å². The van der Waals surface area contributed by atoms with Gasteiger partial charge in [-0.1, -0.05) is 70.4 Å². The minimum absolute atomic E-state index is 0.00796. The standard InChI is InChI=1S/C20H39NO2/c1-2-3-4-5-6-7-8-9-10-11-12-13-14-15-16-17-20(23)21-18-19-22/h9-10,22H,2-8,11-19H2,1H3,(H,21,23)/b10-9-/i16D2,17D2. The van der Waals surface area contributed by atoms with Crippen molar-refractivity contribution in [2.24, 2.45) is 0 Å². The fourth-order valence-electron chi connectivity index (χ4n) is 2.29. The van der Waals surface area contributed by atoms with Crippen LogP contribution in [0.3, 0.4) is 0 Å².